The van der Waals surface area contributed by atoms with Gasteiger partial charge in [0, 0.05) is 19.6 Å². The predicted molar refractivity (Wildman–Crippen MR) is 98.5 cm³/mol. The lowest BCUT2D eigenvalue weighted by Gasteiger charge is -2.25. The molecule has 0 amide bonds. The van der Waals surface area contributed by atoms with Gasteiger partial charge in [-0.2, -0.15) is 5.26 Å². The van der Waals surface area contributed by atoms with Crippen molar-refractivity contribution >= 4 is 11.5 Å². The van der Waals surface area contributed by atoms with E-state index in [1.54, 1.807) is 17.0 Å². The molecule has 7 heteroatoms. The summed E-state index contributed by atoms with van der Waals surface area (Å²) in [7, 11) is 0. The molecule has 0 fully saturated rings. The molecule has 0 unspecified atom stereocenters. The molecule has 0 aliphatic carbocycles. The van der Waals surface area contributed by atoms with Gasteiger partial charge in [-0.05, 0) is 25.0 Å². The molecule has 2 aromatic rings. The van der Waals surface area contributed by atoms with Gasteiger partial charge in [-0.15, -0.1) is 0 Å². The van der Waals surface area contributed by atoms with E-state index < -0.39 is 11.2 Å². The fourth-order valence-electron chi connectivity index (χ4n) is 2.74. The number of unbranched alkanes of at least 4 members (excludes halogenated alkanes) is 1. The van der Waals surface area contributed by atoms with Crippen LogP contribution in [-0.4, -0.2) is 16.1 Å². The van der Waals surface area contributed by atoms with Crippen molar-refractivity contribution < 1.29 is 0 Å². The Kier molecular flexibility index (Phi) is 6.01. The summed E-state index contributed by atoms with van der Waals surface area (Å²) in [6.07, 6.45) is 1.70. The third kappa shape index (κ3) is 3.91. The Balaban J connectivity index is 2.49. The maximum Gasteiger partial charge on any atom is 0.330 e. The van der Waals surface area contributed by atoms with Gasteiger partial charge in [0.2, 0.25) is 0 Å². The summed E-state index contributed by atoms with van der Waals surface area (Å²) in [5, 5.41) is 9.25. The Morgan fingerprint density at radius 2 is 2.00 bits per heavy atom. The van der Waals surface area contributed by atoms with Crippen LogP contribution < -0.4 is 21.9 Å². The number of hydrogen-bond acceptors (Lipinski definition) is 5. The molecule has 2 rings (SSSR count). The minimum Gasteiger partial charge on any atom is -0.383 e. The first-order chi connectivity index (χ1) is 12.0. The molecule has 132 valence electrons. The number of benzene rings is 1. The Morgan fingerprint density at radius 1 is 1.28 bits per heavy atom. The van der Waals surface area contributed by atoms with E-state index in [0.29, 0.717) is 25.2 Å². The minimum atomic E-state index is -0.508. The van der Waals surface area contributed by atoms with Crippen LogP contribution in [0.25, 0.3) is 0 Å². The highest BCUT2D eigenvalue weighted by Crippen LogP contribution is 2.20. The van der Waals surface area contributed by atoms with Crippen molar-refractivity contribution in [3.05, 3.63) is 56.2 Å². The Hall–Kier alpha value is -3.01. The van der Waals surface area contributed by atoms with Crippen LogP contribution in [0.4, 0.5) is 11.5 Å². The molecule has 0 aliphatic heterocycles. The highest BCUT2D eigenvalue weighted by molar-refractivity contribution is 5.62. The van der Waals surface area contributed by atoms with E-state index in [9.17, 15) is 14.9 Å². The van der Waals surface area contributed by atoms with Crippen LogP contribution in [0.1, 0.15) is 37.8 Å². The van der Waals surface area contributed by atoms with Crippen LogP contribution in [0.5, 0.6) is 0 Å². The van der Waals surface area contributed by atoms with E-state index in [-0.39, 0.29) is 11.5 Å². The summed E-state index contributed by atoms with van der Waals surface area (Å²) in [5.74, 6) is 0.165. The molecule has 7 nitrogen and oxygen atoms in total. The number of nitrogens with zero attached hydrogens (tertiary/aromatic N) is 3. The van der Waals surface area contributed by atoms with Crippen LogP contribution in [0.3, 0.4) is 0 Å². The van der Waals surface area contributed by atoms with E-state index in [2.05, 4.69) is 11.1 Å². The maximum absolute atomic E-state index is 12.4. The fraction of sp³-hybridized carbons (Fsp3) is 0.389. The SMILES string of the molecule is CCCCn1c(N)c(N(CC)Cc2ccccc2C#N)c(=O)[nH]c1=O. The number of aromatic nitrogens is 2. The molecule has 0 aliphatic rings. The summed E-state index contributed by atoms with van der Waals surface area (Å²) in [6.45, 7) is 5.25. The monoisotopic (exact) mass is 341 g/mol. The van der Waals surface area contributed by atoms with Gasteiger partial charge in [0.15, 0.2) is 0 Å². The maximum atomic E-state index is 12.4. The second-order valence-electron chi connectivity index (χ2n) is 5.78. The molecule has 0 radical (unpaired) electrons. The van der Waals surface area contributed by atoms with Gasteiger partial charge in [-0.25, -0.2) is 4.79 Å². The molecule has 0 spiro atoms. The Morgan fingerprint density at radius 3 is 2.64 bits per heavy atom. The first kappa shape index (κ1) is 18.3. The van der Waals surface area contributed by atoms with Crippen LogP contribution >= 0.6 is 0 Å². The van der Waals surface area contributed by atoms with Gasteiger partial charge >= 0.3 is 5.69 Å². The number of aromatic amines is 1. The number of anilines is 2. The van der Waals surface area contributed by atoms with Crippen LogP contribution in [0.15, 0.2) is 33.9 Å². The van der Waals surface area contributed by atoms with Gasteiger partial charge in [0.25, 0.3) is 5.56 Å². The summed E-state index contributed by atoms with van der Waals surface area (Å²) >= 11 is 0. The van der Waals surface area contributed by atoms with E-state index in [0.717, 1.165) is 18.4 Å². The molecule has 1 aromatic heterocycles. The number of nitrogens with two attached hydrogens (primary N) is 1. The molecule has 1 aromatic carbocycles. The number of nitrogen functional groups attached to an aromatic ring is 1. The summed E-state index contributed by atoms with van der Waals surface area (Å²) in [4.78, 5) is 28.6. The zero-order chi connectivity index (χ0) is 18.4. The van der Waals surface area contributed by atoms with Gasteiger partial charge in [-0.3, -0.25) is 14.3 Å². The molecule has 0 atom stereocenters. The van der Waals surface area contributed by atoms with Crippen molar-refractivity contribution in [3.63, 3.8) is 0 Å². The number of H-pyrrole nitrogens is 1. The van der Waals surface area contributed by atoms with Crippen molar-refractivity contribution in [2.24, 2.45) is 0 Å². The first-order valence-electron chi connectivity index (χ1n) is 8.39. The topological polar surface area (TPSA) is 108 Å². The Labute approximate surface area is 146 Å². The summed E-state index contributed by atoms with van der Waals surface area (Å²) in [6, 6.07) is 9.38. The van der Waals surface area contributed by atoms with E-state index in [1.807, 2.05) is 26.0 Å². The molecule has 25 heavy (non-hydrogen) atoms. The third-order valence-electron chi connectivity index (χ3n) is 4.15. The molecular formula is C18H23N5O2. The number of nitriles is 1. The Bertz CT molecular complexity index is 892. The van der Waals surface area contributed by atoms with E-state index in [4.69, 9.17) is 5.73 Å². The number of rotatable bonds is 7. The van der Waals surface area contributed by atoms with Crippen molar-refractivity contribution in [2.45, 2.75) is 39.8 Å². The lowest BCUT2D eigenvalue weighted by molar-refractivity contribution is 0.602. The summed E-state index contributed by atoms with van der Waals surface area (Å²) in [5.41, 5.74) is 6.79. The molecule has 0 saturated heterocycles. The van der Waals surface area contributed by atoms with Gasteiger partial charge in [0.05, 0.1) is 11.6 Å². The van der Waals surface area contributed by atoms with Crippen molar-refractivity contribution in [1.82, 2.24) is 9.55 Å². The van der Waals surface area contributed by atoms with Crippen LogP contribution in [0.2, 0.25) is 0 Å². The largest absolute Gasteiger partial charge is 0.383 e. The van der Waals surface area contributed by atoms with Crippen molar-refractivity contribution in [3.8, 4) is 6.07 Å². The van der Waals surface area contributed by atoms with Crippen LogP contribution in [0, 0.1) is 11.3 Å². The molecule has 0 saturated carbocycles. The fourth-order valence-corrected chi connectivity index (χ4v) is 2.74. The van der Waals surface area contributed by atoms with Gasteiger partial charge < -0.3 is 10.6 Å². The minimum absolute atomic E-state index is 0.165. The highest BCUT2D eigenvalue weighted by Gasteiger charge is 2.18. The molecular weight excluding hydrogens is 318 g/mol. The zero-order valence-electron chi connectivity index (χ0n) is 14.6. The molecule has 3 N–H and O–H groups in total. The lowest BCUT2D eigenvalue weighted by atomic mass is 10.1. The van der Waals surface area contributed by atoms with Crippen molar-refractivity contribution in [1.29, 1.82) is 5.26 Å². The third-order valence-corrected chi connectivity index (χ3v) is 4.15. The molecule has 0 bridgehead atoms. The van der Waals surface area contributed by atoms with Crippen molar-refractivity contribution in [2.75, 3.05) is 17.2 Å². The zero-order valence-corrected chi connectivity index (χ0v) is 14.6. The highest BCUT2D eigenvalue weighted by atomic mass is 16.2. The second kappa shape index (κ2) is 8.20. The quantitative estimate of drug-likeness (QED) is 0.798. The van der Waals surface area contributed by atoms with E-state index >= 15 is 0 Å². The average molecular weight is 341 g/mol. The van der Waals surface area contributed by atoms with Gasteiger partial charge in [0.1, 0.15) is 11.5 Å². The normalized spacial score (nSPS) is 10.4. The second-order valence-corrected chi connectivity index (χ2v) is 5.78. The lowest BCUT2D eigenvalue weighted by Crippen LogP contribution is -2.38. The standard InChI is InChI=1S/C18H23N5O2/c1-3-5-10-23-16(20)15(17(24)21-18(23)25)22(4-2)12-14-9-7-6-8-13(14)11-19/h6-9H,3-5,10,12,20H2,1-2H3,(H,21,24,25). The smallest absolute Gasteiger partial charge is 0.330 e. The average Bonchev–Trinajstić information content (AvgIpc) is 2.60. The first-order valence-corrected chi connectivity index (χ1v) is 8.39. The van der Waals surface area contributed by atoms with Crippen LogP contribution in [-0.2, 0) is 13.1 Å². The summed E-state index contributed by atoms with van der Waals surface area (Å²) < 4.78 is 1.40. The number of nitrogens with one attached hydrogen (secondary N) is 1. The van der Waals surface area contributed by atoms with E-state index in [1.165, 1.54) is 4.57 Å². The predicted octanol–water partition coefficient (Wildman–Crippen LogP) is 1.82. The number of hydrogen-bond donors (Lipinski definition) is 2. The van der Waals surface area contributed by atoms with Gasteiger partial charge in [-0.1, -0.05) is 31.5 Å². The molecule has 1 heterocycles.